The molecule has 230 valence electrons. The van der Waals surface area contributed by atoms with Crippen molar-refractivity contribution in [2.75, 3.05) is 32.7 Å². The molecule has 0 unspecified atom stereocenters. The van der Waals surface area contributed by atoms with E-state index in [2.05, 4.69) is 88.8 Å². The Balaban J connectivity index is 1.16. The molecule has 1 amide bonds. The molecule has 2 bridgehead atoms. The minimum absolute atomic E-state index is 0.138. The normalized spacial score (nSPS) is 21.0. The number of ketones is 1. The van der Waals surface area contributed by atoms with E-state index in [1.165, 1.54) is 16.7 Å². The van der Waals surface area contributed by atoms with Crippen LogP contribution in [0.5, 0.6) is 0 Å². The van der Waals surface area contributed by atoms with Gasteiger partial charge >= 0.3 is 0 Å². The Labute approximate surface area is 264 Å². The SMILES string of the molecule is Cc1cc(C)cc(-c2[nH]c3sc(C(C)(C)C(=O)N4C5CCC4CC5)cc3c2C(=O)CN2CCN(Cc3ccncc3)CC2)c1. The lowest BCUT2D eigenvalue weighted by Gasteiger charge is -2.34. The van der Waals surface area contributed by atoms with E-state index >= 15 is 0 Å². The second kappa shape index (κ2) is 11.5. The van der Waals surface area contributed by atoms with E-state index in [9.17, 15) is 9.59 Å². The first-order valence-corrected chi connectivity index (χ1v) is 16.9. The highest BCUT2D eigenvalue weighted by Gasteiger charge is 2.47. The predicted molar refractivity (Wildman–Crippen MR) is 177 cm³/mol. The summed E-state index contributed by atoms with van der Waals surface area (Å²) in [6.07, 6.45) is 8.22. The Morgan fingerprint density at radius 1 is 0.909 bits per heavy atom. The van der Waals surface area contributed by atoms with Crippen LogP contribution < -0.4 is 0 Å². The number of piperazine rings is 1. The molecule has 3 fully saturated rings. The Kier molecular flexibility index (Phi) is 7.71. The molecule has 0 aliphatic carbocycles. The van der Waals surface area contributed by atoms with Crippen LogP contribution in [0.15, 0.2) is 48.8 Å². The lowest BCUT2D eigenvalue weighted by molar-refractivity contribution is -0.137. The van der Waals surface area contributed by atoms with Gasteiger partial charge in [0, 0.05) is 67.5 Å². The number of amides is 1. The lowest BCUT2D eigenvalue weighted by Crippen LogP contribution is -2.47. The monoisotopic (exact) mass is 609 g/mol. The molecule has 1 N–H and O–H groups in total. The van der Waals surface area contributed by atoms with E-state index in [1.807, 2.05) is 12.4 Å². The molecule has 1 aromatic carbocycles. The number of benzene rings is 1. The first kappa shape index (κ1) is 29.4. The van der Waals surface area contributed by atoms with Crippen molar-refractivity contribution < 1.29 is 9.59 Å². The molecule has 0 atom stereocenters. The smallest absolute Gasteiger partial charge is 0.233 e. The summed E-state index contributed by atoms with van der Waals surface area (Å²) in [5.41, 5.74) is 5.68. The Morgan fingerprint density at radius 2 is 1.52 bits per heavy atom. The third-order valence-corrected chi connectivity index (χ3v) is 11.5. The first-order chi connectivity index (χ1) is 21.2. The molecule has 4 aromatic rings. The van der Waals surface area contributed by atoms with Gasteiger partial charge in [0.25, 0.3) is 0 Å². The van der Waals surface area contributed by atoms with Crippen LogP contribution in [-0.2, 0) is 16.8 Å². The summed E-state index contributed by atoms with van der Waals surface area (Å²) in [5.74, 6) is 0.373. The lowest BCUT2D eigenvalue weighted by atomic mass is 9.88. The van der Waals surface area contributed by atoms with Crippen LogP contribution in [0.3, 0.4) is 0 Å². The fourth-order valence-corrected chi connectivity index (χ4v) is 8.88. The van der Waals surface area contributed by atoms with Crippen molar-refractivity contribution in [1.29, 1.82) is 0 Å². The van der Waals surface area contributed by atoms with Gasteiger partial charge in [-0.15, -0.1) is 11.3 Å². The number of thiophene rings is 1. The molecule has 3 aliphatic rings. The number of pyridine rings is 1. The number of nitrogens with zero attached hydrogens (tertiary/aromatic N) is 4. The Bertz CT molecular complexity index is 1660. The van der Waals surface area contributed by atoms with Crippen molar-refractivity contribution in [3.05, 3.63) is 75.9 Å². The average molecular weight is 610 g/mol. The van der Waals surface area contributed by atoms with E-state index < -0.39 is 5.41 Å². The minimum atomic E-state index is -0.638. The fraction of sp³-hybridized carbons (Fsp3) is 0.472. The van der Waals surface area contributed by atoms with Crippen molar-refractivity contribution in [2.45, 2.75) is 77.4 Å². The third-order valence-electron chi connectivity index (χ3n) is 10.1. The standard InChI is InChI=1S/C36H43N5O2S/c1-23-17-24(2)19-26(18-23)33-32(30(42)22-40-15-13-39(14-16-40)21-25-9-11-37-12-10-25)29-20-31(44-34(29)38-33)36(3,4)35(43)41-27-5-6-28(41)8-7-27/h9-12,17-20,27-28,38H,5-8,13-16,21-22H2,1-4H3. The van der Waals surface area contributed by atoms with Crippen molar-refractivity contribution in [1.82, 2.24) is 24.7 Å². The van der Waals surface area contributed by atoms with Crippen LogP contribution >= 0.6 is 11.3 Å². The molecule has 3 aliphatic heterocycles. The number of carbonyl (C=O) groups excluding carboxylic acids is 2. The molecule has 44 heavy (non-hydrogen) atoms. The number of aromatic nitrogens is 2. The molecule has 6 heterocycles. The van der Waals surface area contributed by atoms with E-state index in [-0.39, 0.29) is 11.7 Å². The average Bonchev–Trinajstić information content (AvgIpc) is 3.78. The van der Waals surface area contributed by atoms with Gasteiger partial charge in [-0.1, -0.05) is 17.2 Å². The number of Topliss-reactive ketones (excluding diaryl/α,β-unsaturated/α-hetero) is 1. The third kappa shape index (κ3) is 5.41. The topological polar surface area (TPSA) is 72.5 Å². The van der Waals surface area contributed by atoms with E-state index in [1.54, 1.807) is 11.3 Å². The highest BCUT2D eigenvalue weighted by molar-refractivity contribution is 7.19. The van der Waals surface area contributed by atoms with E-state index in [4.69, 9.17) is 0 Å². The quantitative estimate of drug-likeness (QED) is 0.236. The van der Waals surface area contributed by atoms with Gasteiger partial charge < -0.3 is 9.88 Å². The summed E-state index contributed by atoms with van der Waals surface area (Å²) in [5, 5.41) is 0.950. The van der Waals surface area contributed by atoms with E-state index in [0.717, 1.165) is 90.3 Å². The van der Waals surface area contributed by atoms with Gasteiger partial charge in [-0.2, -0.15) is 0 Å². The number of carbonyl (C=O) groups is 2. The zero-order valence-electron chi connectivity index (χ0n) is 26.4. The predicted octanol–water partition coefficient (Wildman–Crippen LogP) is 6.34. The fourth-order valence-electron chi connectivity index (χ4n) is 7.72. The number of H-pyrrole nitrogens is 1. The molecule has 7 rings (SSSR count). The molecule has 8 heteroatoms. The van der Waals surface area contributed by atoms with Gasteiger partial charge in [-0.3, -0.25) is 24.4 Å². The first-order valence-electron chi connectivity index (χ1n) is 16.1. The van der Waals surface area contributed by atoms with Gasteiger partial charge in [0.2, 0.25) is 5.91 Å². The number of fused-ring (bicyclic) bond motifs is 3. The maximum Gasteiger partial charge on any atom is 0.233 e. The molecule has 3 saturated heterocycles. The van der Waals surface area contributed by atoms with Crippen LogP contribution in [0.2, 0.25) is 0 Å². The van der Waals surface area contributed by atoms with Gasteiger partial charge in [-0.25, -0.2) is 0 Å². The zero-order valence-corrected chi connectivity index (χ0v) is 27.2. The van der Waals surface area contributed by atoms with Crippen LogP contribution in [0.4, 0.5) is 0 Å². The number of rotatable bonds is 8. The second-order valence-electron chi connectivity index (χ2n) is 13.7. The highest BCUT2D eigenvalue weighted by atomic mass is 32.1. The number of hydrogen-bond donors (Lipinski definition) is 1. The van der Waals surface area contributed by atoms with Crippen molar-refractivity contribution in [3.8, 4) is 11.3 Å². The number of aromatic amines is 1. The van der Waals surface area contributed by atoms with Gasteiger partial charge in [-0.05, 0) is 94.8 Å². The molecule has 0 radical (unpaired) electrons. The summed E-state index contributed by atoms with van der Waals surface area (Å²) >= 11 is 1.64. The maximum absolute atomic E-state index is 14.3. The summed E-state index contributed by atoms with van der Waals surface area (Å²) in [6, 6.07) is 13.6. The Morgan fingerprint density at radius 3 is 2.16 bits per heavy atom. The molecule has 3 aromatic heterocycles. The van der Waals surface area contributed by atoms with Crippen LogP contribution in [0.25, 0.3) is 21.5 Å². The second-order valence-corrected chi connectivity index (χ2v) is 14.8. The molecule has 0 spiro atoms. The van der Waals surface area contributed by atoms with Gasteiger partial charge in [0.1, 0.15) is 4.83 Å². The van der Waals surface area contributed by atoms with Gasteiger partial charge in [0.05, 0.1) is 23.2 Å². The van der Waals surface area contributed by atoms with Crippen molar-refractivity contribution in [3.63, 3.8) is 0 Å². The van der Waals surface area contributed by atoms with Crippen LogP contribution in [0.1, 0.15) is 71.5 Å². The molecule has 7 nitrogen and oxygen atoms in total. The molecule has 0 saturated carbocycles. The van der Waals surface area contributed by atoms with Crippen LogP contribution in [0, 0.1) is 13.8 Å². The summed E-state index contributed by atoms with van der Waals surface area (Å²) in [4.78, 5) is 44.9. The largest absolute Gasteiger partial charge is 0.346 e. The number of aryl methyl sites for hydroxylation is 2. The summed E-state index contributed by atoms with van der Waals surface area (Å²) in [6.45, 7) is 13.2. The zero-order chi connectivity index (χ0) is 30.6. The summed E-state index contributed by atoms with van der Waals surface area (Å²) < 4.78 is 0. The summed E-state index contributed by atoms with van der Waals surface area (Å²) in [7, 11) is 0. The molecular formula is C36H43N5O2S. The number of nitrogens with one attached hydrogen (secondary N) is 1. The maximum atomic E-state index is 14.3. The van der Waals surface area contributed by atoms with Gasteiger partial charge in [0.15, 0.2) is 5.78 Å². The highest BCUT2D eigenvalue weighted by Crippen LogP contribution is 2.44. The van der Waals surface area contributed by atoms with Crippen molar-refractivity contribution >= 4 is 33.2 Å². The Hall–Kier alpha value is -3.33. The van der Waals surface area contributed by atoms with Crippen molar-refractivity contribution in [2.24, 2.45) is 0 Å². The van der Waals surface area contributed by atoms with E-state index in [0.29, 0.717) is 18.6 Å². The number of hydrogen-bond acceptors (Lipinski definition) is 6. The van der Waals surface area contributed by atoms with Crippen LogP contribution in [-0.4, -0.2) is 81.2 Å². The minimum Gasteiger partial charge on any atom is -0.346 e. The molecular weight excluding hydrogens is 566 g/mol.